The number of aromatic nitrogens is 1. The molecule has 1 aliphatic carbocycles. The van der Waals surface area contributed by atoms with E-state index in [-0.39, 0.29) is 0 Å². The van der Waals surface area contributed by atoms with Gasteiger partial charge in [-0.15, -0.1) is 6.58 Å². The van der Waals surface area contributed by atoms with Gasteiger partial charge in [-0.25, -0.2) is 0 Å². The Bertz CT molecular complexity index is 701. The van der Waals surface area contributed by atoms with Crippen molar-refractivity contribution < 1.29 is 0 Å². The summed E-state index contributed by atoms with van der Waals surface area (Å²) in [6, 6.07) is 8.57. The van der Waals surface area contributed by atoms with Crippen LogP contribution >= 0.6 is 0 Å². The number of nitrogens with one attached hydrogen (secondary N) is 1. The first-order valence-corrected chi connectivity index (χ1v) is 9.98. The van der Waals surface area contributed by atoms with Crippen LogP contribution in [0.3, 0.4) is 0 Å². The van der Waals surface area contributed by atoms with E-state index in [9.17, 15) is 0 Å². The zero-order chi connectivity index (χ0) is 17.5. The second-order valence-electron chi connectivity index (χ2n) is 7.47. The minimum Gasteiger partial charge on any atom is -0.312 e. The van der Waals surface area contributed by atoms with E-state index in [1.54, 1.807) is 0 Å². The summed E-state index contributed by atoms with van der Waals surface area (Å²) in [6.45, 7) is 7.90. The van der Waals surface area contributed by atoms with Gasteiger partial charge in [-0.05, 0) is 55.8 Å². The molecule has 0 atom stereocenters. The lowest BCUT2D eigenvalue weighted by Crippen LogP contribution is -2.16. The van der Waals surface area contributed by atoms with E-state index in [1.165, 1.54) is 60.7 Å². The number of benzene rings is 1. The van der Waals surface area contributed by atoms with Crippen molar-refractivity contribution in [2.24, 2.45) is 5.92 Å². The lowest BCUT2D eigenvalue weighted by Gasteiger charge is -2.16. The maximum atomic E-state index is 4.87. The van der Waals surface area contributed by atoms with E-state index in [4.69, 9.17) is 4.98 Å². The third-order valence-corrected chi connectivity index (χ3v) is 5.38. The van der Waals surface area contributed by atoms with Gasteiger partial charge in [0.2, 0.25) is 0 Å². The highest BCUT2D eigenvalue weighted by molar-refractivity contribution is 5.83. The van der Waals surface area contributed by atoms with Crippen molar-refractivity contribution in [1.29, 1.82) is 0 Å². The second kappa shape index (κ2) is 9.15. The molecule has 134 valence electrons. The van der Waals surface area contributed by atoms with Crippen LogP contribution in [-0.4, -0.2) is 11.5 Å². The van der Waals surface area contributed by atoms with Crippen LogP contribution < -0.4 is 5.32 Å². The van der Waals surface area contributed by atoms with E-state index < -0.39 is 0 Å². The van der Waals surface area contributed by atoms with Crippen LogP contribution in [0.1, 0.15) is 61.8 Å². The summed E-state index contributed by atoms with van der Waals surface area (Å²) in [7, 11) is 0. The minimum atomic E-state index is 0.926. The molecule has 0 amide bonds. The highest BCUT2D eigenvalue weighted by Crippen LogP contribution is 2.34. The molecule has 1 N–H and O–H groups in total. The average Bonchev–Trinajstić information content (AvgIpc) is 3.44. The van der Waals surface area contributed by atoms with Crippen LogP contribution in [0.15, 0.2) is 36.9 Å². The molecule has 3 rings (SSSR count). The van der Waals surface area contributed by atoms with Gasteiger partial charge in [0.15, 0.2) is 0 Å². The molecule has 2 nitrogen and oxygen atoms in total. The maximum Gasteiger partial charge on any atom is 0.0708 e. The van der Waals surface area contributed by atoms with Gasteiger partial charge in [0.25, 0.3) is 0 Å². The summed E-state index contributed by atoms with van der Waals surface area (Å²) in [5.74, 6) is 1.06. The normalized spacial score (nSPS) is 14.1. The van der Waals surface area contributed by atoms with E-state index in [0.29, 0.717) is 0 Å². The molecule has 0 bridgehead atoms. The number of hydrogen-bond donors (Lipinski definition) is 1. The van der Waals surface area contributed by atoms with Crippen molar-refractivity contribution in [2.75, 3.05) is 6.54 Å². The number of nitrogens with zero attached hydrogens (tertiary/aromatic N) is 1. The Morgan fingerprint density at radius 3 is 2.80 bits per heavy atom. The van der Waals surface area contributed by atoms with Crippen LogP contribution in [0.5, 0.6) is 0 Å². The molecule has 1 aromatic heterocycles. The SMILES string of the molecule is C=CCCNCc1c(CCCCCC2CC2)c(C)nc2ccccc12. The fourth-order valence-corrected chi connectivity index (χ4v) is 3.72. The molecule has 0 unspecified atom stereocenters. The van der Waals surface area contributed by atoms with E-state index in [0.717, 1.165) is 37.4 Å². The number of fused-ring (bicyclic) bond motifs is 1. The van der Waals surface area contributed by atoms with Crippen LogP contribution in [-0.2, 0) is 13.0 Å². The van der Waals surface area contributed by atoms with Crippen molar-refractivity contribution in [3.8, 4) is 0 Å². The third kappa shape index (κ3) is 5.15. The fourth-order valence-electron chi connectivity index (χ4n) is 3.72. The zero-order valence-corrected chi connectivity index (χ0v) is 15.7. The molecule has 2 heteroatoms. The van der Waals surface area contributed by atoms with Crippen molar-refractivity contribution in [2.45, 2.75) is 64.8 Å². The summed E-state index contributed by atoms with van der Waals surface area (Å²) in [4.78, 5) is 4.87. The zero-order valence-electron chi connectivity index (χ0n) is 15.7. The molecule has 25 heavy (non-hydrogen) atoms. The van der Waals surface area contributed by atoms with E-state index in [2.05, 4.69) is 43.1 Å². The predicted molar refractivity (Wildman–Crippen MR) is 108 cm³/mol. The topological polar surface area (TPSA) is 24.9 Å². The summed E-state index contributed by atoms with van der Waals surface area (Å²) >= 11 is 0. The Morgan fingerprint density at radius 1 is 1.16 bits per heavy atom. The van der Waals surface area contributed by atoms with Crippen molar-refractivity contribution >= 4 is 10.9 Å². The summed E-state index contributed by atoms with van der Waals surface area (Å²) in [6.07, 6.45) is 12.6. The fraction of sp³-hybridized carbons (Fsp3) is 0.522. The van der Waals surface area contributed by atoms with Gasteiger partial charge in [-0.1, -0.05) is 56.4 Å². The largest absolute Gasteiger partial charge is 0.312 e. The number of aryl methyl sites for hydroxylation is 1. The first-order valence-electron chi connectivity index (χ1n) is 9.98. The lowest BCUT2D eigenvalue weighted by atomic mass is 9.95. The molecule has 2 aromatic rings. The monoisotopic (exact) mass is 336 g/mol. The Labute approximate surface area is 152 Å². The quantitative estimate of drug-likeness (QED) is 0.419. The number of hydrogen-bond acceptors (Lipinski definition) is 2. The Balaban J connectivity index is 1.71. The summed E-state index contributed by atoms with van der Waals surface area (Å²) in [5.41, 5.74) is 5.25. The van der Waals surface area contributed by atoms with Crippen LogP contribution in [0.25, 0.3) is 10.9 Å². The molecule has 1 fully saturated rings. The number of pyridine rings is 1. The standard InChI is InChI=1S/C23H32N2/c1-3-4-16-24-17-22-20(11-7-5-6-10-19-14-15-19)18(2)25-23-13-9-8-12-21(22)23/h3,8-9,12-13,19,24H,1,4-7,10-11,14-17H2,2H3. The maximum absolute atomic E-state index is 4.87. The Kier molecular flexibility index (Phi) is 6.63. The Hall–Kier alpha value is -1.67. The first-order chi connectivity index (χ1) is 12.3. The number of para-hydroxylation sites is 1. The molecule has 0 spiro atoms. The van der Waals surface area contributed by atoms with Crippen molar-refractivity contribution in [3.05, 3.63) is 53.7 Å². The molecule has 0 radical (unpaired) electrons. The van der Waals surface area contributed by atoms with Gasteiger partial charge in [0.05, 0.1) is 5.52 Å². The van der Waals surface area contributed by atoms with E-state index >= 15 is 0 Å². The average molecular weight is 337 g/mol. The smallest absolute Gasteiger partial charge is 0.0708 e. The third-order valence-electron chi connectivity index (χ3n) is 5.38. The molecule has 0 saturated heterocycles. The van der Waals surface area contributed by atoms with Crippen LogP contribution in [0.4, 0.5) is 0 Å². The van der Waals surface area contributed by atoms with Gasteiger partial charge in [0, 0.05) is 17.6 Å². The molecular formula is C23H32N2. The molecule has 1 aromatic carbocycles. The molecule has 1 aliphatic rings. The Morgan fingerprint density at radius 2 is 2.00 bits per heavy atom. The number of rotatable bonds is 11. The molecule has 0 aliphatic heterocycles. The van der Waals surface area contributed by atoms with E-state index in [1.807, 2.05) is 6.08 Å². The summed E-state index contributed by atoms with van der Waals surface area (Å²) < 4.78 is 0. The van der Waals surface area contributed by atoms with Gasteiger partial charge in [0.1, 0.15) is 0 Å². The highest BCUT2D eigenvalue weighted by Gasteiger charge is 2.20. The van der Waals surface area contributed by atoms with Gasteiger partial charge < -0.3 is 5.32 Å². The van der Waals surface area contributed by atoms with Crippen molar-refractivity contribution in [1.82, 2.24) is 10.3 Å². The van der Waals surface area contributed by atoms with Gasteiger partial charge in [-0.3, -0.25) is 4.98 Å². The summed E-state index contributed by atoms with van der Waals surface area (Å²) in [5, 5.41) is 4.90. The van der Waals surface area contributed by atoms with Gasteiger partial charge in [-0.2, -0.15) is 0 Å². The van der Waals surface area contributed by atoms with Crippen molar-refractivity contribution in [3.63, 3.8) is 0 Å². The first kappa shape index (κ1) is 18.1. The second-order valence-corrected chi connectivity index (χ2v) is 7.47. The number of unbranched alkanes of at least 4 members (excludes halogenated alkanes) is 2. The minimum absolute atomic E-state index is 0.926. The molecule has 1 heterocycles. The molecule has 1 saturated carbocycles. The lowest BCUT2D eigenvalue weighted by molar-refractivity contribution is 0.599. The van der Waals surface area contributed by atoms with Crippen LogP contribution in [0, 0.1) is 12.8 Å². The van der Waals surface area contributed by atoms with Crippen LogP contribution in [0.2, 0.25) is 0 Å². The predicted octanol–water partition coefficient (Wildman–Crippen LogP) is 5.72. The highest BCUT2D eigenvalue weighted by atomic mass is 14.8. The van der Waals surface area contributed by atoms with Gasteiger partial charge >= 0.3 is 0 Å². The molecular weight excluding hydrogens is 304 g/mol.